The molecule has 0 bridgehead atoms. The average molecular weight is 470 g/mol. The summed E-state index contributed by atoms with van der Waals surface area (Å²) in [6, 6.07) is 13.9. The summed E-state index contributed by atoms with van der Waals surface area (Å²) in [5.41, 5.74) is 3.53. The van der Waals surface area contributed by atoms with Gasteiger partial charge in [-0.1, -0.05) is 24.3 Å². The second-order valence-electron chi connectivity index (χ2n) is 6.63. The minimum atomic E-state index is -1.24. The molecule has 2 aromatic carbocycles. The van der Waals surface area contributed by atoms with Gasteiger partial charge in [-0.15, -0.1) is 11.3 Å². The molecular formula is C21H19N5O4S2. The van der Waals surface area contributed by atoms with Crippen molar-refractivity contribution in [3.05, 3.63) is 59.6 Å². The molecule has 3 aromatic rings. The number of nitrogens with zero attached hydrogens (tertiary/aromatic N) is 3. The number of nitrogens with one attached hydrogen (secondary N) is 1. The maximum Gasteiger partial charge on any atom is 0.252 e. The Balaban J connectivity index is 1.91. The molecule has 1 saturated heterocycles. The van der Waals surface area contributed by atoms with Gasteiger partial charge in [0, 0.05) is 5.38 Å². The maximum atomic E-state index is 13.7. The van der Waals surface area contributed by atoms with E-state index in [1.807, 2.05) is 0 Å². The molecule has 1 aliphatic heterocycles. The number of amides is 2. The van der Waals surface area contributed by atoms with E-state index in [0.29, 0.717) is 28.0 Å². The summed E-state index contributed by atoms with van der Waals surface area (Å²) in [4.78, 5) is 34.2. The van der Waals surface area contributed by atoms with Gasteiger partial charge < -0.3 is 9.47 Å². The van der Waals surface area contributed by atoms with Crippen molar-refractivity contribution in [2.75, 3.05) is 29.4 Å². The fraction of sp³-hybridized carbons (Fsp3) is 0.143. The molecule has 2 amide bonds. The molecule has 164 valence electrons. The molecule has 1 fully saturated rings. The third-order valence-corrected chi connectivity index (χ3v) is 6.07. The molecule has 0 saturated carbocycles. The topological polar surface area (TPSA) is 110 Å². The lowest BCUT2D eigenvalue weighted by Gasteiger charge is -2.39. The molecule has 11 heteroatoms. The van der Waals surface area contributed by atoms with Crippen LogP contribution in [0.1, 0.15) is 11.6 Å². The van der Waals surface area contributed by atoms with Gasteiger partial charge in [-0.05, 0) is 36.5 Å². The van der Waals surface area contributed by atoms with Crippen LogP contribution >= 0.6 is 23.6 Å². The van der Waals surface area contributed by atoms with Crippen molar-refractivity contribution in [1.82, 2.24) is 4.98 Å². The zero-order valence-corrected chi connectivity index (χ0v) is 18.8. The van der Waals surface area contributed by atoms with E-state index in [4.69, 9.17) is 27.5 Å². The average Bonchev–Trinajstić information content (AvgIpc) is 3.28. The summed E-state index contributed by atoms with van der Waals surface area (Å²) in [7, 11) is 2.99. The van der Waals surface area contributed by atoms with Crippen molar-refractivity contribution in [2.24, 2.45) is 5.84 Å². The fourth-order valence-corrected chi connectivity index (χ4v) is 4.49. The largest absolute Gasteiger partial charge is 0.495 e. The van der Waals surface area contributed by atoms with Crippen molar-refractivity contribution in [1.29, 1.82) is 0 Å². The lowest BCUT2D eigenvalue weighted by Crippen LogP contribution is -2.59. The molecular weight excluding hydrogens is 450 g/mol. The maximum absolute atomic E-state index is 13.7. The standard InChI is InChI=1S/C21H19N5O4S2/c1-29-15-9-5-3-7-13(15)25-18(27)17(12-11-32-20(23-12)24-22)19(28)26(21(25)31)14-8-4-6-10-16(14)30-2/h3-11,17H,22H2,1-2H3,(H,23,24). The van der Waals surface area contributed by atoms with E-state index >= 15 is 0 Å². The van der Waals surface area contributed by atoms with Crippen LogP contribution in [0.4, 0.5) is 16.5 Å². The number of carbonyl (C=O) groups is 2. The van der Waals surface area contributed by atoms with Crippen LogP contribution in [0.2, 0.25) is 0 Å². The van der Waals surface area contributed by atoms with Crippen molar-refractivity contribution >= 4 is 57.0 Å². The van der Waals surface area contributed by atoms with Gasteiger partial charge in [0.1, 0.15) is 11.5 Å². The Kier molecular flexibility index (Phi) is 6.04. The zero-order valence-electron chi connectivity index (χ0n) is 17.1. The molecule has 0 atom stereocenters. The number of hydrogen-bond acceptors (Lipinski definition) is 9. The Labute approximate surface area is 193 Å². The number of rotatable bonds is 6. The Morgan fingerprint density at radius 1 is 0.969 bits per heavy atom. The predicted octanol–water partition coefficient (Wildman–Crippen LogP) is 2.89. The van der Waals surface area contributed by atoms with E-state index < -0.39 is 17.7 Å². The number of methoxy groups -OCH3 is 2. The third-order valence-electron chi connectivity index (χ3n) is 4.91. The van der Waals surface area contributed by atoms with Gasteiger partial charge in [-0.3, -0.25) is 24.8 Å². The molecule has 0 aliphatic carbocycles. The molecule has 4 rings (SSSR count). The number of para-hydroxylation sites is 4. The van der Waals surface area contributed by atoms with E-state index in [-0.39, 0.29) is 10.8 Å². The summed E-state index contributed by atoms with van der Waals surface area (Å²) in [5.74, 6) is 3.99. The van der Waals surface area contributed by atoms with Crippen molar-refractivity contribution in [3.8, 4) is 11.5 Å². The van der Waals surface area contributed by atoms with Gasteiger partial charge in [0.05, 0.1) is 31.3 Å². The van der Waals surface area contributed by atoms with Crippen LogP contribution in [0.25, 0.3) is 0 Å². The number of carbonyl (C=O) groups excluding carboxylic acids is 2. The van der Waals surface area contributed by atoms with Crippen molar-refractivity contribution in [3.63, 3.8) is 0 Å². The molecule has 0 radical (unpaired) electrons. The van der Waals surface area contributed by atoms with Crippen molar-refractivity contribution in [2.45, 2.75) is 5.92 Å². The van der Waals surface area contributed by atoms with Gasteiger partial charge in [0.15, 0.2) is 16.2 Å². The van der Waals surface area contributed by atoms with Crippen LogP contribution in [0.5, 0.6) is 11.5 Å². The number of hydrazine groups is 1. The second-order valence-corrected chi connectivity index (χ2v) is 7.85. The number of nitrogens with two attached hydrogens (primary N) is 1. The van der Waals surface area contributed by atoms with Gasteiger partial charge in [-0.25, -0.2) is 10.8 Å². The molecule has 1 aromatic heterocycles. The molecule has 2 heterocycles. The molecule has 32 heavy (non-hydrogen) atoms. The quantitative estimate of drug-likeness (QED) is 0.245. The second kappa shape index (κ2) is 8.91. The first-order chi connectivity index (χ1) is 15.5. The van der Waals surface area contributed by atoms with Crippen LogP contribution in [0.15, 0.2) is 53.9 Å². The smallest absolute Gasteiger partial charge is 0.252 e. The molecule has 0 unspecified atom stereocenters. The molecule has 3 N–H and O–H groups in total. The Hall–Kier alpha value is -3.54. The van der Waals surface area contributed by atoms with Gasteiger partial charge in [0.2, 0.25) is 0 Å². The van der Waals surface area contributed by atoms with Crippen LogP contribution in [-0.4, -0.2) is 36.1 Å². The first-order valence-corrected chi connectivity index (χ1v) is 10.7. The summed E-state index contributed by atoms with van der Waals surface area (Å²) in [5, 5.41) is 1.98. The van der Waals surface area contributed by atoms with E-state index in [9.17, 15) is 9.59 Å². The van der Waals surface area contributed by atoms with Crippen LogP contribution in [-0.2, 0) is 9.59 Å². The lowest BCUT2D eigenvalue weighted by molar-refractivity contribution is -0.128. The van der Waals surface area contributed by atoms with E-state index in [1.165, 1.54) is 35.4 Å². The zero-order chi connectivity index (χ0) is 22.8. The Bertz CT molecular complexity index is 1130. The highest BCUT2D eigenvalue weighted by atomic mass is 32.1. The Morgan fingerprint density at radius 2 is 1.47 bits per heavy atom. The minimum absolute atomic E-state index is 0.0161. The van der Waals surface area contributed by atoms with Gasteiger partial charge >= 0.3 is 0 Å². The Morgan fingerprint density at radius 3 is 1.91 bits per heavy atom. The van der Waals surface area contributed by atoms with E-state index in [2.05, 4.69) is 10.4 Å². The summed E-state index contributed by atoms with van der Waals surface area (Å²) < 4.78 is 10.9. The molecule has 0 spiro atoms. The van der Waals surface area contributed by atoms with Gasteiger partial charge in [0.25, 0.3) is 11.8 Å². The number of anilines is 3. The van der Waals surface area contributed by atoms with Crippen molar-refractivity contribution < 1.29 is 19.1 Å². The number of nitrogen functional groups attached to an aromatic ring is 1. The number of benzene rings is 2. The lowest BCUT2D eigenvalue weighted by atomic mass is 9.99. The molecule has 1 aliphatic rings. The highest BCUT2D eigenvalue weighted by molar-refractivity contribution is 7.81. The monoisotopic (exact) mass is 469 g/mol. The molecule has 9 nitrogen and oxygen atoms in total. The van der Waals surface area contributed by atoms with E-state index in [1.54, 1.807) is 53.9 Å². The SMILES string of the molecule is COc1ccccc1N1C(=O)C(c2csc(NN)n2)C(=O)N(c2ccccc2OC)C1=S. The third kappa shape index (κ3) is 3.55. The first-order valence-electron chi connectivity index (χ1n) is 9.41. The highest BCUT2D eigenvalue weighted by Gasteiger charge is 2.48. The number of ether oxygens (including phenoxy) is 2. The number of thiocarbonyl (C=S) groups is 1. The van der Waals surface area contributed by atoms with Crippen LogP contribution in [0.3, 0.4) is 0 Å². The number of thiazole rings is 1. The first kappa shape index (κ1) is 21.7. The predicted molar refractivity (Wildman–Crippen MR) is 126 cm³/mol. The fourth-order valence-electron chi connectivity index (χ4n) is 3.46. The van der Waals surface area contributed by atoms with Crippen LogP contribution < -0.4 is 30.5 Å². The highest BCUT2D eigenvalue weighted by Crippen LogP contribution is 2.40. The normalized spacial score (nSPS) is 14.7. The minimum Gasteiger partial charge on any atom is -0.495 e. The summed E-state index contributed by atoms with van der Waals surface area (Å²) in [6.07, 6.45) is 0. The number of aromatic nitrogens is 1. The summed E-state index contributed by atoms with van der Waals surface area (Å²) >= 11 is 6.85. The van der Waals surface area contributed by atoms with Crippen LogP contribution in [0, 0.1) is 0 Å². The van der Waals surface area contributed by atoms with E-state index in [0.717, 1.165) is 0 Å². The van der Waals surface area contributed by atoms with Gasteiger partial charge in [-0.2, -0.15) is 0 Å². The number of hydrogen-bond donors (Lipinski definition) is 2. The summed E-state index contributed by atoms with van der Waals surface area (Å²) in [6.45, 7) is 0.